The number of benzene rings is 1. The number of halogens is 1. The molecule has 0 saturated carbocycles. The third-order valence-corrected chi connectivity index (χ3v) is 3.26. The normalized spacial score (nSPS) is 13.0. The van der Waals surface area contributed by atoms with Crippen molar-refractivity contribution in [3.05, 3.63) is 34.9 Å². The fourth-order valence-electron chi connectivity index (χ4n) is 1.86. The monoisotopic (exact) mass is 254 g/mol. The van der Waals surface area contributed by atoms with Crippen molar-refractivity contribution < 1.29 is 0 Å². The van der Waals surface area contributed by atoms with Gasteiger partial charge in [-0.2, -0.15) is 0 Å². The lowest BCUT2D eigenvalue weighted by atomic mass is 10.2. The third kappa shape index (κ3) is 5.53. The highest BCUT2D eigenvalue weighted by molar-refractivity contribution is 6.31. The maximum atomic E-state index is 6.14. The van der Waals surface area contributed by atoms with Crippen LogP contribution in [0.3, 0.4) is 0 Å². The molecule has 2 nitrogen and oxygen atoms in total. The van der Waals surface area contributed by atoms with Crippen LogP contribution in [0.25, 0.3) is 0 Å². The molecule has 0 aliphatic rings. The van der Waals surface area contributed by atoms with Crippen LogP contribution in [0.4, 0.5) is 0 Å². The first-order chi connectivity index (χ1) is 8.13. The summed E-state index contributed by atoms with van der Waals surface area (Å²) in [5, 5.41) is 4.28. The Labute approximate surface area is 110 Å². The quantitative estimate of drug-likeness (QED) is 0.804. The Hall–Kier alpha value is -0.570. The lowest BCUT2D eigenvalue weighted by Crippen LogP contribution is -2.30. The van der Waals surface area contributed by atoms with Gasteiger partial charge in [0.1, 0.15) is 0 Å². The van der Waals surface area contributed by atoms with Crippen LogP contribution in [-0.4, -0.2) is 31.1 Å². The van der Waals surface area contributed by atoms with Gasteiger partial charge in [0, 0.05) is 17.6 Å². The van der Waals surface area contributed by atoms with Crippen molar-refractivity contribution >= 4 is 11.6 Å². The summed E-state index contributed by atoms with van der Waals surface area (Å²) in [5.41, 5.74) is 1.20. The first kappa shape index (κ1) is 14.5. The van der Waals surface area contributed by atoms with E-state index >= 15 is 0 Å². The smallest absolute Gasteiger partial charge is 0.0451 e. The van der Waals surface area contributed by atoms with Crippen LogP contribution in [0, 0.1) is 0 Å². The summed E-state index contributed by atoms with van der Waals surface area (Å²) in [7, 11) is 2.14. The Balaban J connectivity index is 2.34. The van der Waals surface area contributed by atoms with Crippen molar-refractivity contribution in [1.82, 2.24) is 10.2 Å². The predicted octanol–water partition coefficient (Wildman–Crippen LogP) is 3.16. The van der Waals surface area contributed by atoms with Crippen LogP contribution < -0.4 is 5.32 Å². The maximum Gasteiger partial charge on any atom is 0.0451 e. The van der Waals surface area contributed by atoms with Gasteiger partial charge in [0.2, 0.25) is 0 Å². The molecule has 0 aliphatic heterocycles. The van der Waals surface area contributed by atoms with E-state index < -0.39 is 0 Å². The van der Waals surface area contributed by atoms with E-state index in [4.69, 9.17) is 11.6 Å². The van der Waals surface area contributed by atoms with E-state index in [2.05, 4.69) is 37.2 Å². The van der Waals surface area contributed by atoms with Gasteiger partial charge in [-0.25, -0.2) is 0 Å². The summed E-state index contributed by atoms with van der Waals surface area (Å²) < 4.78 is 0. The van der Waals surface area contributed by atoms with Crippen molar-refractivity contribution in [3.8, 4) is 0 Å². The van der Waals surface area contributed by atoms with Gasteiger partial charge in [-0.15, -0.1) is 0 Å². The molecule has 96 valence electrons. The van der Waals surface area contributed by atoms with Gasteiger partial charge in [-0.3, -0.25) is 0 Å². The highest BCUT2D eigenvalue weighted by Gasteiger charge is 2.06. The lowest BCUT2D eigenvalue weighted by Gasteiger charge is -2.20. The topological polar surface area (TPSA) is 15.3 Å². The number of nitrogens with zero attached hydrogens (tertiary/aromatic N) is 1. The molecule has 0 heterocycles. The molecule has 1 rings (SSSR count). The second-order valence-corrected chi connectivity index (χ2v) is 4.98. The lowest BCUT2D eigenvalue weighted by molar-refractivity contribution is 0.304. The fourth-order valence-corrected chi connectivity index (χ4v) is 2.06. The molecule has 0 aliphatic carbocycles. The highest BCUT2D eigenvalue weighted by Crippen LogP contribution is 2.16. The maximum absolute atomic E-state index is 6.14. The van der Waals surface area contributed by atoms with Crippen molar-refractivity contribution in [3.63, 3.8) is 0 Å². The first-order valence-corrected chi connectivity index (χ1v) is 6.66. The minimum atomic E-state index is 0.577. The van der Waals surface area contributed by atoms with Gasteiger partial charge in [0.05, 0.1) is 0 Å². The van der Waals surface area contributed by atoms with E-state index in [9.17, 15) is 0 Å². The zero-order valence-electron chi connectivity index (χ0n) is 11.0. The molecule has 0 radical (unpaired) electrons. The molecular formula is C14H23ClN2. The predicted molar refractivity (Wildman–Crippen MR) is 75.5 cm³/mol. The largest absolute Gasteiger partial charge is 0.314 e. The molecular weight excluding hydrogens is 232 g/mol. The molecule has 0 fully saturated rings. The number of rotatable bonds is 7. The standard InChI is InChI=1S/C14H23ClN2/c1-4-16-12(2)9-10-17(3)11-13-7-5-6-8-14(13)15/h5-8,12,16H,4,9-11H2,1-3H3. The Kier molecular flexibility index (Phi) is 6.56. The summed E-state index contributed by atoms with van der Waals surface area (Å²) >= 11 is 6.14. The van der Waals surface area contributed by atoms with Crippen LogP contribution in [0.1, 0.15) is 25.8 Å². The van der Waals surface area contributed by atoms with Gasteiger partial charge in [-0.05, 0) is 45.1 Å². The van der Waals surface area contributed by atoms with Gasteiger partial charge < -0.3 is 10.2 Å². The van der Waals surface area contributed by atoms with Gasteiger partial charge in [0.25, 0.3) is 0 Å². The Morgan fingerprint density at radius 2 is 2.06 bits per heavy atom. The molecule has 1 aromatic carbocycles. The van der Waals surface area contributed by atoms with E-state index in [-0.39, 0.29) is 0 Å². The molecule has 1 aromatic rings. The van der Waals surface area contributed by atoms with Gasteiger partial charge in [0.15, 0.2) is 0 Å². The summed E-state index contributed by atoms with van der Waals surface area (Å²) in [6.45, 7) is 7.41. The average Bonchev–Trinajstić information content (AvgIpc) is 2.30. The van der Waals surface area contributed by atoms with E-state index in [1.54, 1.807) is 0 Å². The Morgan fingerprint density at radius 3 is 2.71 bits per heavy atom. The Bertz CT molecular complexity index is 328. The summed E-state index contributed by atoms with van der Waals surface area (Å²) in [6.07, 6.45) is 1.16. The molecule has 0 amide bonds. The minimum absolute atomic E-state index is 0.577. The fraction of sp³-hybridized carbons (Fsp3) is 0.571. The van der Waals surface area contributed by atoms with Crippen LogP contribution in [0.5, 0.6) is 0 Å². The van der Waals surface area contributed by atoms with Crippen LogP contribution in [0.15, 0.2) is 24.3 Å². The molecule has 17 heavy (non-hydrogen) atoms. The van der Waals surface area contributed by atoms with Gasteiger partial charge >= 0.3 is 0 Å². The Morgan fingerprint density at radius 1 is 1.35 bits per heavy atom. The molecule has 0 saturated heterocycles. The number of hydrogen-bond acceptors (Lipinski definition) is 2. The van der Waals surface area contributed by atoms with Crippen LogP contribution >= 0.6 is 11.6 Å². The van der Waals surface area contributed by atoms with Crippen molar-refractivity contribution in [2.75, 3.05) is 20.1 Å². The van der Waals surface area contributed by atoms with E-state index in [1.165, 1.54) is 5.56 Å². The second-order valence-electron chi connectivity index (χ2n) is 4.58. The minimum Gasteiger partial charge on any atom is -0.314 e. The third-order valence-electron chi connectivity index (χ3n) is 2.89. The number of nitrogens with one attached hydrogen (secondary N) is 1. The van der Waals surface area contributed by atoms with Crippen molar-refractivity contribution in [2.24, 2.45) is 0 Å². The van der Waals surface area contributed by atoms with Gasteiger partial charge in [-0.1, -0.05) is 36.7 Å². The zero-order chi connectivity index (χ0) is 12.7. The molecule has 0 spiro atoms. The van der Waals surface area contributed by atoms with E-state index in [0.29, 0.717) is 6.04 Å². The van der Waals surface area contributed by atoms with E-state index in [0.717, 1.165) is 31.1 Å². The SMILES string of the molecule is CCNC(C)CCN(C)Cc1ccccc1Cl. The average molecular weight is 255 g/mol. The van der Waals surface area contributed by atoms with Crippen molar-refractivity contribution in [2.45, 2.75) is 32.9 Å². The van der Waals surface area contributed by atoms with Crippen molar-refractivity contribution in [1.29, 1.82) is 0 Å². The molecule has 1 atom stereocenters. The summed E-state index contributed by atoms with van der Waals surface area (Å²) in [5.74, 6) is 0. The van der Waals surface area contributed by atoms with Crippen LogP contribution in [-0.2, 0) is 6.54 Å². The molecule has 0 bridgehead atoms. The summed E-state index contributed by atoms with van der Waals surface area (Å²) in [6, 6.07) is 8.63. The zero-order valence-corrected chi connectivity index (χ0v) is 11.8. The highest BCUT2D eigenvalue weighted by atomic mass is 35.5. The summed E-state index contributed by atoms with van der Waals surface area (Å²) in [4.78, 5) is 2.31. The van der Waals surface area contributed by atoms with Crippen LogP contribution in [0.2, 0.25) is 5.02 Å². The first-order valence-electron chi connectivity index (χ1n) is 6.28. The second kappa shape index (κ2) is 7.70. The molecule has 3 heteroatoms. The molecule has 0 aromatic heterocycles. The molecule has 1 N–H and O–H groups in total. The van der Waals surface area contributed by atoms with E-state index in [1.807, 2.05) is 18.2 Å². The number of hydrogen-bond donors (Lipinski definition) is 1. The molecule has 1 unspecified atom stereocenters.